The molecule has 0 heterocycles. The van der Waals surface area contributed by atoms with E-state index in [1.807, 2.05) is 19.2 Å². The third-order valence-corrected chi connectivity index (χ3v) is 5.55. The lowest BCUT2D eigenvalue weighted by molar-refractivity contribution is -0.120. The molecule has 2 aliphatic rings. The molecule has 3 rings (SSSR count). The molecule has 2 saturated carbocycles. The van der Waals surface area contributed by atoms with E-state index in [2.05, 4.69) is 33.1 Å². The summed E-state index contributed by atoms with van der Waals surface area (Å²) in [5.74, 6) is 1.21. The van der Waals surface area contributed by atoms with Crippen molar-refractivity contribution in [3.8, 4) is 0 Å². The third-order valence-electron chi connectivity index (χ3n) is 5.55. The van der Waals surface area contributed by atoms with Gasteiger partial charge in [-0.05, 0) is 43.4 Å². The van der Waals surface area contributed by atoms with Crippen LogP contribution in [0.15, 0.2) is 29.3 Å². The Morgan fingerprint density at radius 1 is 1.07 bits per heavy atom. The smallest absolute Gasteiger partial charge is 0.227 e. The predicted octanol–water partition coefficient (Wildman–Crippen LogP) is 4.43. The van der Waals surface area contributed by atoms with Crippen molar-refractivity contribution in [2.45, 2.75) is 70.4 Å². The van der Waals surface area contributed by atoms with Crippen LogP contribution in [0.2, 0.25) is 0 Å². The van der Waals surface area contributed by atoms with Gasteiger partial charge in [0.05, 0.1) is 0 Å². The lowest BCUT2D eigenvalue weighted by Crippen LogP contribution is -2.41. The van der Waals surface area contributed by atoms with Gasteiger partial charge in [-0.2, -0.15) is 0 Å². The first kappa shape index (κ1) is 22.0. The first-order valence-electron chi connectivity index (χ1n) is 10.1. The Balaban J connectivity index is 0.00000261. The average Bonchev–Trinajstić information content (AvgIpc) is 3.19. The minimum Gasteiger partial charge on any atom is -0.354 e. The van der Waals surface area contributed by atoms with Crippen LogP contribution in [-0.2, 0) is 11.3 Å². The largest absolute Gasteiger partial charge is 0.354 e. The molecule has 1 aromatic carbocycles. The Labute approximate surface area is 180 Å². The summed E-state index contributed by atoms with van der Waals surface area (Å²) < 4.78 is 0. The van der Waals surface area contributed by atoms with Gasteiger partial charge in [0.2, 0.25) is 5.91 Å². The van der Waals surface area contributed by atoms with Crippen LogP contribution in [0.1, 0.15) is 63.4 Å². The van der Waals surface area contributed by atoms with E-state index in [9.17, 15) is 4.79 Å². The number of rotatable bonds is 5. The normalized spacial score (nSPS) is 18.6. The zero-order chi connectivity index (χ0) is 18.2. The van der Waals surface area contributed by atoms with Gasteiger partial charge in [0.15, 0.2) is 5.96 Å². The summed E-state index contributed by atoms with van der Waals surface area (Å²) in [6, 6.07) is 8.64. The standard InChI is InChI=1S/C21H32N4O.HI/c1-22-21(25-18-11-5-6-12-18)23-15-16-8-7-13-19(14-16)24-20(26)17-9-3-2-4-10-17;/h7-8,13-14,17-18H,2-6,9-12,15H2,1H3,(H,24,26)(H2,22,23,25);1H. The summed E-state index contributed by atoms with van der Waals surface area (Å²) in [4.78, 5) is 16.8. The minimum atomic E-state index is 0. The predicted molar refractivity (Wildman–Crippen MR) is 123 cm³/mol. The number of amides is 1. The number of halogens is 1. The number of carbonyl (C=O) groups excluding carboxylic acids is 1. The Hall–Kier alpha value is -1.31. The zero-order valence-corrected chi connectivity index (χ0v) is 18.6. The Morgan fingerprint density at radius 3 is 2.48 bits per heavy atom. The van der Waals surface area contributed by atoms with Gasteiger partial charge in [-0.1, -0.05) is 44.2 Å². The lowest BCUT2D eigenvalue weighted by Gasteiger charge is -2.21. The molecule has 0 spiro atoms. The van der Waals surface area contributed by atoms with Crippen molar-refractivity contribution in [3.63, 3.8) is 0 Å². The minimum absolute atomic E-state index is 0. The molecule has 6 heteroatoms. The van der Waals surface area contributed by atoms with E-state index < -0.39 is 0 Å². The van der Waals surface area contributed by atoms with Crippen molar-refractivity contribution in [1.29, 1.82) is 0 Å². The Kier molecular flexibility index (Phi) is 9.38. The molecule has 2 fully saturated rings. The quantitative estimate of drug-likeness (QED) is 0.329. The van der Waals surface area contributed by atoms with Crippen molar-refractivity contribution in [2.75, 3.05) is 12.4 Å². The van der Waals surface area contributed by atoms with Crippen LogP contribution in [0.4, 0.5) is 5.69 Å². The van der Waals surface area contributed by atoms with E-state index in [4.69, 9.17) is 0 Å². The molecular formula is C21H33IN4O. The van der Waals surface area contributed by atoms with Crippen LogP contribution in [0.3, 0.4) is 0 Å². The van der Waals surface area contributed by atoms with Crippen LogP contribution in [0.25, 0.3) is 0 Å². The summed E-state index contributed by atoms with van der Waals surface area (Å²) in [6.45, 7) is 0.694. The maximum Gasteiger partial charge on any atom is 0.227 e. The van der Waals surface area contributed by atoms with Crippen LogP contribution in [0, 0.1) is 5.92 Å². The summed E-state index contributed by atoms with van der Waals surface area (Å²) in [5.41, 5.74) is 2.03. The Morgan fingerprint density at radius 2 is 1.78 bits per heavy atom. The molecule has 0 atom stereocenters. The Bertz CT molecular complexity index is 622. The number of carbonyl (C=O) groups is 1. The van der Waals surface area contributed by atoms with Crippen LogP contribution < -0.4 is 16.0 Å². The number of aliphatic imine (C=N–C) groups is 1. The van der Waals surface area contributed by atoms with Crippen LogP contribution >= 0.6 is 24.0 Å². The molecule has 1 amide bonds. The highest BCUT2D eigenvalue weighted by Crippen LogP contribution is 2.25. The van der Waals surface area contributed by atoms with E-state index in [-0.39, 0.29) is 35.8 Å². The van der Waals surface area contributed by atoms with Gasteiger partial charge in [-0.25, -0.2) is 0 Å². The van der Waals surface area contributed by atoms with Crippen molar-refractivity contribution in [3.05, 3.63) is 29.8 Å². The fourth-order valence-corrected chi connectivity index (χ4v) is 4.01. The third kappa shape index (κ3) is 6.97. The molecule has 0 aliphatic heterocycles. The highest BCUT2D eigenvalue weighted by molar-refractivity contribution is 14.0. The monoisotopic (exact) mass is 484 g/mol. The van der Waals surface area contributed by atoms with Gasteiger partial charge < -0.3 is 16.0 Å². The fraction of sp³-hybridized carbons (Fsp3) is 0.619. The van der Waals surface area contributed by atoms with Gasteiger partial charge in [-0.15, -0.1) is 24.0 Å². The summed E-state index contributed by atoms with van der Waals surface area (Å²) in [7, 11) is 1.81. The molecule has 1 aromatic rings. The molecule has 0 aromatic heterocycles. The highest BCUT2D eigenvalue weighted by atomic mass is 127. The summed E-state index contributed by atoms with van der Waals surface area (Å²) >= 11 is 0. The summed E-state index contributed by atoms with van der Waals surface area (Å²) in [5, 5.41) is 9.98. The number of nitrogens with one attached hydrogen (secondary N) is 3. The number of anilines is 1. The number of hydrogen-bond donors (Lipinski definition) is 3. The topological polar surface area (TPSA) is 65.5 Å². The number of benzene rings is 1. The van der Waals surface area contributed by atoms with E-state index in [1.165, 1.54) is 44.9 Å². The van der Waals surface area contributed by atoms with Gasteiger partial charge in [0, 0.05) is 31.2 Å². The van der Waals surface area contributed by atoms with E-state index in [1.54, 1.807) is 0 Å². The highest BCUT2D eigenvalue weighted by Gasteiger charge is 2.21. The molecule has 0 radical (unpaired) electrons. The van der Waals surface area contributed by atoms with Gasteiger partial charge >= 0.3 is 0 Å². The van der Waals surface area contributed by atoms with Crippen molar-refractivity contribution < 1.29 is 4.79 Å². The molecule has 0 unspecified atom stereocenters. The molecule has 3 N–H and O–H groups in total. The first-order valence-corrected chi connectivity index (χ1v) is 10.1. The van der Waals surface area contributed by atoms with Gasteiger partial charge in [0.25, 0.3) is 0 Å². The molecular weight excluding hydrogens is 451 g/mol. The SMILES string of the molecule is CN=C(NCc1cccc(NC(=O)C2CCCCC2)c1)NC1CCCC1.I. The van der Waals surface area contributed by atoms with Crippen LogP contribution in [0.5, 0.6) is 0 Å². The maximum atomic E-state index is 12.4. The molecule has 2 aliphatic carbocycles. The van der Waals surface area contributed by atoms with E-state index >= 15 is 0 Å². The van der Waals surface area contributed by atoms with Crippen molar-refractivity contribution in [2.24, 2.45) is 10.9 Å². The van der Waals surface area contributed by atoms with E-state index in [0.717, 1.165) is 30.1 Å². The number of guanidine groups is 1. The second-order valence-corrected chi connectivity index (χ2v) is 7.58. The molecule has 27 heavy (non-hydrogen) atoms. The van der Waals surface area contributed by atoms with Crippen molar-refractivity contribution in [1.82, 2.24) is 10.6 Å². The molecule has 0 bridgehead atoms. The first-order chi connectivity index (χ1) is 12.7. The van der Waals surface area contributed by atoms with Crippen LogP contribution in [-0.4, -0.2) is 25.0 Å². The average molecular weight is 484 g/mol. The fourth-order valence-electron chi connectivity index (χ4n) is 4.01. The van der Waals surface area contributed by atoms with Crippen molar-refractivity contribution >= 4 is 41.5 Å². The zero-order valence-electron chi connectivity index (χ0n) is 16.3. The number of hydrogen-bond acceptors (Lipinski definition) is 2. The molecule has 150 valence electrons. The molecule has 0 saturated heterocycles. The lowest BCUT2D eigenvalue weighted by atomic mass is 9.88. The molecule has 5 nitrogen and oxygen atoms in total. The second kappa shape index (κ2) is 11.5. The number of nitrogens with zero attached hydrogens (tertiary/aromatic N) is 1. The second-order valence-electron chi connectivity index (χ2n) is 7.58. The summed E-state index contributed by atoms with van der Waals surface area (Å²) in [6.07, 6.45) is 10.7. The van der Waals surface area contributed by atoms with Gasteiger partial charge in [-0.3, -0.25) is 9.79 Å². The van der Waals surface area contributed by atoms with E-state index in [0.29, 0.717) is 12.6 Å². The van der Waals surface area contributed by atoms with Gasteiger partial charge in [0.1, 0.15) is 0 Å². The maximum absolute atomic E-state index is 12.4.